The molecule has 0 saturated carbocycles. The lowest BCUT2D eigenvalue weighted by atomic mass is 10.0. The van der Waals surface area contributed by atoms with Gasteiger partial charge in [-0.3, -0.25) is 4.79 Å². The number of nitrogens with one attached hydrogen (secondary N) is 1. The lowest BCUT2D eigenvalue weighted by Gasteiger charge is -2.32. The summed E-state index contributed by atoms with van der Waals surface area (Å²) in [6.07, 6.45) is 5.62. The Morgan fingerprint density at radius 1 is 1.33 bits per heavy atom. The van der Waals surface area contributed by atoms with Gasteiger partial charge in [-0.15, -0.1) is 24.8 Å². The molecule has 6 nitrogen and oxygen atoms in total. The molecule has 2 aromatic heterocycles. The molecule has 1 fully saturated rings. The smallest absolute Gasteiger partial charge is 0.255 e. The lowest BCUT2D eigenvalue weighted by molar-refractivity contribution is 0.0698. The number of halogens is 2. The highest BCUT2D eigenvalue weighted by molar-refractivity contribution is 5.96. The largest absolute Gasteiger partial charge is 0.337 e. The van der Waals surface area contributed by atoms with E-state index in [1.54, 1.807) is 12.4 Å². The Bertz CT molecular complexity index is 688. The van der Waals surface area contributed by atoms with Crippen LogP contribution in [0.4, 0.5) is 0 Å². The van der Waals surface area contributed by atoms with Gasteiger partial charge in [0.2, 0.25) is 0 Å². The van der Waals surface area contributed by atoms with Gasteiger partial charge in [-0.25, -0.2) is 9.67 Å². The van der Waals surface area contributed by atoms with Crippen LogP contribution in [0.15, 0.2) is 18.5 Å². The number of pyridine rings is 1. The SMILES string of the molecule is CNC1CCCN(C(=O)c2cnc3c(cnn3C(C)C)c2)C1.Cl.Cl. The molecule has 1 amide bonds. The number of nitrogens with zero attached hydrogens (tertiary/aromatic N) is 4. The quantitative estimate of drug-likeness (QED) is 0.897. The highest BCUT2D eigenvalue weighted by Gasteiger charge is 2.24. The maximum Gasteiger partial charge on any atom is 0.255 e. The van der Waals surface area contributed by atoms with Crippen LogP contribution in [0.25, 0.3) is 11.0 Å². The second-order valence-electron chi connectivity index (χ2n) is 6.20. The van der Waals surface area contributed by atoms with Gasteiger partial charge in [-0.1, -0.05) is 0 Å². The molecular formula is C16H25Cl2N5O. The molecular weight excluding hydrogens is 349 g/mol. The summed E-state index contributed by atoms with van der Waals surface area (Å²) in [5, 5.41) is 8.53. The van der Waals surface area contributed by atoms with E-state index in [4.69, 9.17) is 0 Å². The molecule has 1 unspecified atom stereocenters. The number of carbonyl (C=O) groups is 1. The molecule has 0 spiro atoms. The van der Waals surface area contributed by atoms with Gasteiger partial charge < -0.3 is 10.2 Å². The highest BCUT2D eigenvalue weighted by atomic mass is 35.5. The Morgan fingerprint density at radius 2 is 2.08 bits per heavy atom. The second-order valence-corrected chi connectivity index (χ2v) is 6.20. The predicted octanol–water partition coefficient (Wildman–Crippen LogP) is 2.68. The third kappa shape index (κ3) is 3.99. The fourth-order valence-electron chi connectivity index (χ4n) is 3.01. The third-order valence-electron chi connectivity index (χ3n) is 4.29. The number of likely N-dealkylation sites (N-methyl/N-ethyl adjacent to an activating group) is 1. The Balaban J connectivity index is 0.00000144. The minimum absolute atomic E-state index is 0. The van der Waals surface area contributed by atoms with Gasteiger partial charge in [-0.05, 0) is 39.8 Å². The molecule has 3 rings (SSSR count). The first-order chi connectivity index (χ1) is 10.6. The third-order valence-corrected chi connectivity index (χ3v) is 4.29. The summed E-state index contributed by atoms with van der Waals surface area (Å²) in [6, 6.07) is 2.54. The molecule has 24 heavy (non-hydrogen) atoms. The van der Waals surface area contributed by atoms with Crippen molar-refractivity contribution in [2.75, 3.05) is 20.1 Å². The van der Waals surface area contributed by atoms with Crippen molar-refractivity contribution in [3.63, 3.8) is 0 Å². The normalized spacial score (nSPS) is 17.5. The van der Waals surface area contributed by atoms with Crippen molar-refractivity contribution in [2.45, 2.75) is 38.8 Å². The van der Waals surface area contributed by atoms with E-state index >= 15 is 0 Å². The van der Waals surface area contributed by atoms with E-state index < -0.39 is 0 Å². The number of carbonyl (C=O) groups excluding carboxylic acids is 1. The van der Waals surface area contributed by atoms with Crippen LogP contribution in [0, 0.1) is 0 Å². The summed E-state index contributed by atoms with van der Waals surface area (Å²) in [5.74, 6) is 0.0617. The highest BCUT2D eigenvalue weighted by Crippen LogP contribution is 2.19. The van der Waals surface area contributed by atoms with Crippen molar-refractivity contribution >= 4 is 41.8 Å². The van der Waals surface area contributed by atoms with Crippen molar-refractivity contribution in [3.05, 3.63) is 24.0 Å². The standard InChI is InChI=1S/C16H23N5O.2ClH/c1-11(2)21-15-12(9-19-21)7-13(8-18-15)16(22)20-6-4-5-14(10-20)17-3;;/h7-9,11,14,17H,4-6,10H2,1-3H3;2*1H. The fourth-order valence-corrected chi connectivity index (χ4v) is 3.01. The van der Waals surface area contributed by atoms with Gasteiger partial charge in [-0.2, -0.15) is 5.10 Å². The lowest BCUT2D eigenvalue weighted by Crippen LogP contribution is -2.46. The summed E-state index contributed by atoms with van der Waals surface area (Å²) in [5.41, 5.74) is 1.48. The molecule has 3 heterocycles. The van der Waals surface area contributed by atoms with Crippen LogP contribution < -0.4 is 5.32 Å². The van der Waals surface area contributed by atoms with Crippen LogP contribution in [0.5, 0.6) is 0 Å². The van der Waals surface area contributed by atoms with Gasteiger partial charge >= 0.3 is 0 Å². The van der Waals surface area contributed by atoms with Crippen LogP contribution in [0.2, 0.25) is 0 Å². The Hall–Kier alpha value is -1.37. The van der Waals surface area contributed by atoms with E-state index in [0.717, 1.165) is 37.0 Å². The molecule has 2 aromatic rings. The minimum atomic E-state index is 0. The van der Waals surface area contributed by atoms with E-state index in [0.29, 0.717) is 11.6 Å². The van der Waals surface area contributed by atoms with Crippen molar-refractivity contribution in [2.24, 2.45) is 0 Å². The van der Waals surface area contributed by atoms with Crippen LogP contribution in [-0.4, -0.2) is 51.8 Å². The van der Waals surface area contributed by atoms with Crippen molar-refractivity contribution in [1.82, 2.24) is 25.0 Å². The maximum atomic E-state index is 12.7. The summed E-state index contributed by atoms with van der Waals surface area (Å²) in [7, 11) is 1.95. The van der Waals surface area contributed by atoms with Gasteiger partial charge in [0.05, 0.1) is 11.8 Å². The second kappa shape index (κ2) is 8.65. The molecule has 1 aliphatic heterocycles. The predicted molar refractivity (Wildman–Crippen MR) is 100 cm³/mol. The van der Waals surface area contributed by atoms with E-state index in [-0.39, 0.29) is 36.8 Å². The van der Waals surface area contributed by atoms with Gasteiger partial charge in [0, 0.05) is 36.8 Å². The Kier molecular flexibility index (Phi) is 7.45. The monoisotopic (exact) mass is 373 g/mol. The first-order valence-electron chi connectivity index (χ1n) is 7.90. The number of fused-ring (bicyclic) bond motifs is 1. The number of hydrogen-bond donors (Lipinski definition) is 1. The van der Waals surface area contributed by atoms with Crippen molar-refractivity contribution in [1.29, 1.82) is 0 Å². The molecule has 1 atom stereocenters. The molecule has 0 bridgehead atoms. The van der Waals surface area contributed by atoms with E-state index in [9.17, 15) is 4.79 Å². The Labute approximate surface area is 154 Å². The summed E-state index contributed by atoms with van der Waals surface area (Å²) >= 11 is 0. The van der Waals surface area contributed by atoms with Crippen LogP contribution in [-0.2, 0) is 0 Å². The van der Waals surface area contributed by atoms with E-state index in [1.165, 1.54) is 0 Å². The Morgan fingerprint density at radius 3 is 2.75 bits per heavy atom. The maximum absolute atomic E-state index is 12.7. The van der Waals surface area contributed by atoms with Gasteiger partial charge in [0.25, 0.3) is 5.91 Å². The fraction of sp³-hybridized carbons (Fsp3) is 0.562. The average Bonchev–Trinajstić information content (AvgIpc) is 2.97. The topological polar surface area (TPSA) is 63.1 Å². The summed E-state index contributed by atoms with van der Waals surface area (Å²) in [6.45, 7) is 5.72. The van der Waals surface area contributed by atoms with Crippen molar-refractivity contribution in [3.8, 4) is 0 Å². The first kappa shape index (κ1) is 20.7. The zero-order valence-electron chi connectivity index (χ0n) is 14.2. The molecule has 134 valence electrons. The number of likely N-dealkylation sites (tertiary alicyclic amines) is 1. The number of rotatable bonds is 3. The zero-order valence-corrected chi connectivity index (χ0v) is 15.9. The molecule has 8 heteroatoms. The van der Waals surface area contributed by atoms with Crippen LogP contribution >= 0.6 is 24.8 Å². The van der Waals surface area contributed by atoms with Gasteiger partial charge in [0.1, 0.15) is 0 Å². The molecule has 1 aliphatic rings. The molecule has 1 N–H and O–H groups in total. The average molecular weight is 374 g/mol. The van der Waals surface area contributed by atoms with E-state index in [2.05, 4.69) is 29.2 Å². The summed E-state index contributed by atoms with van der Waals surface area (Å²) in [4.78, 5) is 19.0. The number of hydrogen-bond acceptors (Lipinski definition) is 4. The van der Waals surface area contributed by atoms with Crippen molar-refractivity contribution < 1.29 is 4.79 Å². The molecule has 1 saturated heterocycles. The minimum Gasteiger partial charge on any atom is -0.337 e. The number of amides is 1. The number of aromatic nitrogens is 3. The van der Waals surface area contributed by atoms with Crippen LogP contribution in [0.3, 0.4) is 0 Å². The van der Waals surface area contributed by atoms with Crippen LogP contribution in [0.1, 0.15) is 43.1 Å². The van der Waals surface area contributed by atoms with Gasteiger partial charge in [0.15, 0.2) is 5.65 Å². The number of piperidine rings is 1. The first-order valence-corrected chi connectivity index (χ1v) is 7.90. The molecule has 0 aromatic carbocycles. The van der Waals surface area contributed by atoms with E-state index in [1.807, 2.05) is 22.7 Å². The molecule has 0 aliphatic carbocycles. The summed E-state index contributed by atoms with van der Waals surface area (Å²) < 4.78 is 1.88. The molecule has 0 radical (unpaired) electrons. The zero-order chi connectivity index (χ0) is 15.7.